The molecule has 3 aliphatic rings. The van der Waals surface area contributed by atoms with Gasteiger partial charge in [-0.1, -0.05) is 6.07 Å². The molecular weight excluding hydrogens is 558 g/mol. The fraction of sp³-hybridized carbons (Fsp3) is 0.500. The summed E-state index contributed by atoms with van der Waals surface area (Å²) >= 11 is 4.83. The highest BCUT2D eigenvalue weighted by atomic mass is 32.1. The standard InChI is InChI=1S/C28H35F4N7OS/c29-24-15-20(18-34-35-27(33)41)25(38-8-6-36(7-9-38)19-23-5-2-14-40-23)17-26(24)39-12-10-37(11-13-39)22-4-1-3-21(16-22)28(30,31)32/h1,3-4,15-18,23H,2,5-14,19H2,(H3,33,35,41). The number of piperazine rings is 2. The number of thiocarbonyl (C=S) groups is 1. The molecule has 0 bridgehead atoms. The van der Waals surface area contributed by atoms with Crippen molar-refractivity contribution in [3.63, 3.8) is 0 Å². The van der Waals surface area contributed by atoms with Crippen molar-refractivity contribution in [2.75, 3.05) is 80.2 Å². The summed E-state index contributed by atoms with van der Waals surface area (Å²) in [5.41, 5.74) is 9.78. The maximum Gasteiger partial charge on any atom is 0.416 e. The first-order valence-corrected chi connectivity index (χ1v) is 14.3. The summed E-state index contributed by atoms with van der Waals surface area (Å²) in [6.45, 7) is 6.91. The van der Waals surface area contributed by atoms with Crippen molar-refractivity contribution in [3.05, 3.63) is 53.3 Å². The minimum Gasteiger partial charge on any atom is -0.377 e. The van der Waals surface area contributed by atoms with Gasteiger partial charge >= 0.3 is 6.18 Å². The number of halogens is 4. The number of rotatable bonds is 7. The quantitative estimate of drug-likeness (QED) is 0.218. The van der Waals surface area contributed by atoms with Crippen LogP contribution in [0.15, 0.2) is 41.5 Å². The van der Waals surface area contributed by atoms with E-state index in [2.05, 4.69) is 20.3 Å². The summed E-state index contributed by atoms with van der Waals surface area (Å²) in [7, 11) is 0. The smallest absolute Gasteiger partial charge is 0.377 e. The van der Waals surface area contributed by atoms with Crippen molar-refractivity contribution < 1.29 is 22.3 Å². The molecule has 0 amide bonds. The van der Waals surface area contributed by atoms with E-state index < -0.39 is 17.6 Å². The number of alkyl halides is 3. The number of hydrogen-bond acceptors (Lipinski definition) is 7. The zero-order valence-corrected chi connectivity index (χ0v) is 23.6. The number of hydrazone groups is 1. The molecule has 222 valence electrons. The van der Waals surface area contributed by atoms with Crippen molar-refractivity contribution in [1.82, 2.24) is 10.3 Å². The zero-order chi connectivity index (χ0) is 29.0. The minimum atomic E-state index is -4.40. The van der Waals surface area contributed by atoms with Gasteiger partial charge in [-0.15, -0.1) is 0 Å². The molecule has 2 aromatic carbocycles. The van der Waals surface area contributed by atoms with E-state index in [0.29, 0.717) is 49.2 Å². The Kier molecular flexibility index (Phi) is 9.15. The summed E-state index contributed by atoms with van der Waals surface area (Å²) in [5.74, 6) is -0.393. The molecular formula is C28H35F4N7OS. The molecule has 5 rings (SSSR count). The lowest BCUT2D eigenvalue weighted by atomic mass is 10.1. The molecule has 41 heavy (non-hydrogen) atoms. The van der Waals surface area contributed by atoms with E-state index in [0.717, 1.165) is 63.9 Å². The predicted molar refractivity (Wildman–Crippen MR) is 157 cm³/mol. The van der Waals surface area contributed by atoms with Gasteiger partial charge in [0.25, 0.3) is 0 Å². The maximum absolute atomic E-state index is 15.5. The van der Waals surface area contributed by atoms with Crippen LogP contribution < -0.4 is 25.9 Å². The van der Waals surface area contributed by atoms with E-state index in [1.54, 1.807) is 6.07 Å². The second-order valence-electron chi connectivity index (χ2n) is 10.5. The normalized spacial score (nSPS) is 20.7. The third-order valence-electron chi connectivity index (χ3n) is 7.83. The molecule has 3 aliphatic heterocycles. The van der Waals surface area contributed by atoms with Crippen molar-refractivity contribution in [2.24, 2.45) is 10.8 Å². The lowest BCUT2D eigenvalue weighted by molar-refractivity contribution is -0.137. The van der Waals surface area contributed by atoms with E-state index in [4.69, 9.17) is 22.7 Å². The zero-order valence-electron chi connectivity index (χ0n) is 22.7. The molecule has 1 unspecified atom stereocenters. The van der Waals surface area contributed by atoms with E-state index in [-0.39, 0.29) is 5.11 Å². The average Bonchev–Trinajstić information content (AvgIpc) is 3.46. The fourth-order valence-corrected chi connectivity index (χ4v) is 5.74. The lowest BCUT2D eigenvalue weighted by Crippen LogP contribution is -2.49. The van der Waals surface area contributed by atoms with Gasteiger partial charge in [-0.05, 0) is 55.4 Å². The second kappa shape index (κ2) is 12.8. The number of nitrogens with zero attached hydrogens (tertiary/aromatic N) is 5. The van der Waals surface area contributed by atoms with Gasteiger partial charge in [-0.2, -0.15) is 18.3 Å². The van der Waals surface area contributed by atoms with E-state index >= 15 is 4.39 Å². The molecule has 1 atom stereocenters. The highest BCUT2D eigenvalue weighted by Gasteiger charge is 2.31. The van der Waals surface area contributed by atoms with E-state index in [1.807, 2.05) is 15.9 Å². The van der Waals surface area contributed by atoms with Crippen LogP contribution in [0.4, 0.5) is 34.6 Å². The molecule has 3 saturated heterocycles. The average molecular weight is 594 g/mol. The monoisotopic (exact) mass is 593 g/mol. The van der Waals surface area contributed by atoms with Gasteiger partial charge in [-0.25, -0.2) is 4.39 Å². The van der Waals surface area contributed by atoms with Crippen molar-refractivity contribution in [2.45, 2.75) is 25.1 Å². The molecule has 2 aromatic rings. The van der Waals surface area contributed by atoms with Gasteiger partial charge in [0.15, 0.2) is 5.11 Å². The van der Waals surface area contributed by atoms with Crippen molar-refractivity contribution in [1.29, 1.82) is 0 Å². The second-order valence-corrected chi connectivity index (χ2v) is 11.0. The Morgan fingerprint density at radius 2 is 1.68 bits per heavy atom. The molecule has 0 aliphatic carbocycles. The predicted octanol–water partition coefficient (Wildman–Crippen LogP) is 3.64. The SMILES string of the molecule is NC(=S)NN=Cc1cc(F)c(N2CCN(c3cccc(C(F)(F)F)c3)CC2)cc1N1CCN(CC2CCCO2)CC1. The van der Waals surface area contributed by atoms with Crippen LogP contribution in [0.25, 0.3) is 0 Å². The van der Waals surface area contributed by atoms with Gasteiger partial charge in [0, 0.05) is 82.4 Å². The van der Waals surface area contributed by atoms with Crippen molar-refractivity contribution >= 4 is 40.6 Å². The van der Waals surface area contributed by atoms with Crippen LogP contribution in [0, 0.1) is 5.82 Å². The summed E-state index contributed by atoms with van der Waals surface area (Å²) in [6.07, 6.45) is -0.379. The van der Waals surface area contributed by atoms with Gasteiger partial charge in [0.2, 0.25) is 0 Å². The van der Waals surface area contributed by atoms with Gasteiger partial charge in [0.1, 0.15) is 5.82 Å². The molecule has 3 N–H and O–H groups in total. The van der Waals surface area contributed by atoms with Gasteiger partial charge in [0.05, 0.1) is 23.6 Å². The first-order chi connectivity index (χ1) is 19.7. The van der Waals surface area contributed by atoms with Crippen molar-refractivity contribution in [3.8, 4) is 0 Å². The molecule has 3 fully saturated rings. The molecule has 13 heteroatoms. The first-order valence-electron chi connectivity index (χ1n) is 13.9. The molecule has 0 radical (unpaired) electrons. The lowest BCUT2D eigenvalue weighted by Gasteiger charge is -2.40. The Morgan fingerprint density at radius 3 is 2.34 bits per heavy atom. The van der Waals surface area contributed by atoms with Crippen LogP contribution in [-0.2, 0) is 10.9 Å². The Balaban J connectivity index is 1.31. The number of ether oxygens (including phenoxy) is 1. The third-order valence-corrected chi connectivity index (χ3v) is 7.92. The molecule has 0 saturated carbocycles. The summed E-state index contributed by atoms with van der Waals surface area (Å²) < 4.78 is 60.9. The number of nitrogens with one attached hydrogen (secondary N) is 1. The Morgan fingerprint density at radius 1 is 1.00 bits per heavy atom. The Bertz CT molecular complexity index is 1240. The van der Waals surface area contributed by atoms with Crippen LogP contribution in [0.1, 0.15) is 24.0 Å². The number of benzene rings is 2. The van der Waals surface area contributed by atoms with Crippen LogP contribution in [0.3, 0.4) is 0 Å². The van der Waals surface area contributed by atoms with Crippen LogP contribution >= 0.6 is 12.2 Å². The fourth-order valence-electron chi connectivity index (χ4n) is 5.68. The van der Waals surface area contributed by atoms with Gasteiger partial charge in [-0.3, -0.25) is 10.3 Å². The van der Waals surface area contributed by atoms with E-state index in [1.165, 1.54) is 24.4 Å². The maximum atomic E-state index is 15.5. The first kappa shape index (κ1) is 29.3. The topological polar surface area (TPSA) is 72.6 Å². The molecule has 0 spiro atoms. The van der Waals surface area contributed by atoms with Gasteiger partial charge < -0.3 is 25.2 Å². The number of hydrogen-bond donors (Lipinski definition) is 2. The Hall–Kier alpha value is -3.16. The number of anilines is 3. The Labute approximate surface area is 242 Å². The highest BCUT2D eigenvalue weighted by Crippen LogP contribution is 2.34. The van der Waals surface area contributed by atoms with Crippen LogP contribution in [-0.4, -0.2) is 87.8 Å². The molecule has 0 aromatic heterocycles. The largest absolute Gasteiger partial charge is 0.416 e. The summed E-state index contributed by atoms with van der Waals surface area (Å²) in [4.78, 5) is 8.49. The molecule has 3 heterocycles. The van der Waals surface area contributed by atoms with Crippen LogP contribution in [0.2, 0.25) is 0 Å². The van der Waals surface area contributed by atoms with Crippen LogP contribution in [0.5, 0.6) is 0 Å². The summed E-state index contributed by atoms with van der Waals surface area (Å²) in [6, 6.07) is 8.66. The highest BCUT2D eigenvalue weighted by molar-refractivity contribution is 7.80. The molecule has 8 nitrogen and oxygen atoms in total. The third kappa shape index (κ3) is 7.38. The van der Waals surface area contributed by atoms with E-state index in [9.17, 15) is 13.2 Å². The minimum absolute atomic E-state index is 0.0151. The summed E-state index contributed by atoms with van der Waals surface area (Å²) in [5, 5.41) is 4.08. The number of nitrogens with two attached hydrogens (primary N) is 1.